The Balaban J connectivity index is 1.99. The fourth-order valence-electron chi connectivity index (χ4n) is 1.65. The van der Waals surface area contributed by atoms with E-state index >= 15 is 0 Å². The van der Waals surface area contributed by atoms with Crippen molar-refractivity contribution >= 4 is 34.8 Å². The van der Waals surface area contributed by atoms with Crippen LogP contribution in [0.15, 0.2) is 46.1 Å². The van der Waals surface area contributed by atoms with Crippen molar-refractivity contribution in [2.75, 3.05) is 5.32 Å². The molecule has 1 aromatic carbocycles. The molecule has 2 N–H and O–H groups in total. The molecule has 7 heteroatoms. The number of carbonyl (C=O) groups is 2. The number of hydrogen-bond acceptors (Lipinski definition) is 4. The van der Waals surface area contributed by atoms with Crippen LogP contribution < -0.4 is 10.7 Å². The second-order valence-corrected chi connectivity index (χ2v) is 4.89. The van der Waals surface area contributed by atoms with Crippen molar-refractivity contribution in [2.45, 2.75) is 13.8 Å². The highest BCUT2D eigenvalue weighted by Crippen LogP contribution is 2.22. The highest BCUT2D eigenvalue weighted by Gasteiger charge is 2.15. The average molecular weight is 320 g/mol. The molecule has 2 aromatic rings. The lowest BCUT2D eigenvalue weighted by molar-refractivity contribution is -0.136. The molecule has 1 heterocycles. The lowest BCUT2D eigenvalue weighted by Gasteiger charge is -2.08. The van der Waals surface area contributed by atoms with Crippen LogP contribution in [0.4, 0.5) is 5.69 Å². The Morgan fingerprint density at radius 1 is 1.18 bits per heavy atom. The van der Waals surface area contributed by atoms with E-state index < -0.39 is 11.8 Å². The summed E-state index contributed by atoms with van der Waals surface area (Å²) in [5, 5.41) is 6.79. The molecule has 1 aromatic heterocycles. The lowest BCUT2D eigenvalue weighted by Crippen LogP contribution is -2.33. The molecule has 0 fully saturated rings. The summed E-state index contributed by atoms with van der Waals surface area (Å²) in [7, 11) is 0. The molecule has 0 saturated heterocycles. The van der Waals surface area contributed by atoms with Gasteiger partial charge in [-0.15, -0.1) is 0 Å². The molecule has 0 aliphatic heterocycles. The van der Waals surface area contributed by atoms with Gasteiger partial charge in [-0.25, -0.2) is 5.43 Å². The van der Waals surface area contributed by atoms with E-state index in [2.05, 4.69) is 15.8 Å². The number of halogens is 1. The maximum atomic E-state index is 11.8. The van der Waals surface area contributed by atoms with Crippen molar-refractivity contribution < 1.29 is 14.0 Å². The van der Waals surface area contributed by atoms with Crippen molar-refractivity contribution in [2.24, 2.45) is 5.10 Å². The van der Waals surface area contributed by atoms with Crippen LogP contribution in [0.2, 0.25) is 5.02 Å². The largest absolute Gasteiger partial charge is 0.463 e. The van der Waals surface area contributed by atoms with Crippen LogP contribution in [-0.2, 0) is 9.59 Å². The Kier molecular flexibility index (Phi) is 4.95. The van der Waals surface area contributed by atoms with E-state index in [1.54, 1.807) is 44.2 Å². The van der Waals surface area contributed by atoms with Gasteiger partial charge in [-0.05, 0) is 43.7 Å². The van der Waals surface area contributed by atoms with Gasteiger partial charge in [0.25, 0.3) is 0 Å². The van der Waals surface area contributed by atoms with Crippen LogP contribution in [0, 0.1) is 6.92 Å². The number of hydrazone groups is 1. The normalized spacial score (nSPS) is 11.1. The molecule has 114 valence electrons. The number of amides is 2. The number of hydrogen-bond donors (Lipinski definition) is 2. The first-order valence-electron chi connectivity index (χ1n) is 6.43. The summed E-state index contributed by atoms with van der Waals surface area (Å²) in [6.07, 6.45) is 1.49. The van der Waals surface area contributed by atoms with Crippen molar-refractivity contribution in [3.8, 4) is 0 Å². The Morgan fingerprint density at radius 3 is 2.64 bits per heavy atom. The van der Waals surface area contributed by atoms with E-state index in [0.29, 0.717) is 27.7 Å². The maximum absolute atomic E-state index is 11.8. The van der Waals surface area contributed by atoms with E-state index in [4.69, 9.17) is 16.0 Å². The average Bonchev–Trinajstić information content (AvgIpc) is 3.03. The fraction of sp³-hybridized carbons (Fsp3) is 0.133. The van der Waals surface area contributed by atoms with E-state index in [-0.39, 0.29) is 0 Å². The number of benzene rings is 1. The van der Waals surface area contributed by atoms with E-state index in [1.165, 1.54) is 6.26 Å². The fourth-order valence-corrected chi connectivity index (χ4v) is 1.82. The van der Waals surface area contributed by atoms with Crippen molar-refractivity contribution in [3.05, 3.63) is 52.9 Å². The minimum Gasteiger partial charge on any atom is -0.463 e. The van der Waals surface area contributed by atoms with Gasteiger partial charge < -0.3 is 9.73 Å². The summed E-state index contributed by atoms with van der Waals surface area (Å²) in [6, 6.07) is 8.43. The van der Waals surface area contributed by atoms with Gasteiger partial charge in [-0.1, -0.05) is 17.7 Å². The first kappa shape index (κ1) is 15.8. The molecule has 0 spiro atoms. The Hall–Kier alpha value is -2.60. The highest BCUT2D eigenvalue weighted by molar-refractivity contribution is 6.40. The van der Waals surface area contributed by atoms with Gasteiger partial charge in [0.1, 0.15) is 11.5 Å². The van der Waals surface area contributed by atoms with Gasteiger partial charge in [-0.2, -0.15) is 5.10 Å². The molecule has 0 aliphatic rings. The zero-order chi connectivity index (χ0) is 16.1. The number of carbonyl (C=O) groups excluding carboxylic acids is 2. The predicted molar refractivity (Wildman–Crippen MR) is 83.9 cm³/mol. The number of nitrogens with one attached hydrogen (secondary N) is 2. The standard InChI is InChI=1S/C15H14ClN3O3/c1-9-11(16)5-3-6-12(9)17-14(20)15(21)19-18-10(2)13-7-4-8-22-13/h3-8H,1-2H3,(H,17,20)(H,19,21). The van der Waals surface area contributed by atoms with Crippen molar-refractivity contribution in [1.82, 2.24) is 5.43 Å². The molecular weight excluding hydrogens is 306 g/mol. The first-order chi connectivity index (χ1) is 10.5. The van der Waals surface area contributed by atoms with Crippen LogP contribution >= 0.6 is 11.6 Å². The summed E-state index contributed by atoms with van der Waals surface area (Å²) < 4.78 is 5.12. The molecule has 22 heavy (non-hydrogen) atoms. The van der Waals surface area contributed by atoms with E-state index in [0.717, 1.165) is 0 Å². The van der Waals surface area contributed by atoms with Crippen LogP contribution in [0.5, 0.6) is 0 Å². The minimum atomic E-state index is -0.884. The second kappa shape index (κ2) is 6.91. The molecule has 0 saturated carbocycles. The van der Waals surface area contributed by atoms with Gasteiger partial charge in [0.05, 0.1) is 6.26 Å². The van der Waals surface area contributed by atoms with E-state index in [9.17, 15) is 9.59 Å². The minimum absolute atomic E-state index is 0.449. The Morgan fingerprint density at radius 2 is 1.95 bits per heavy atom. The molecule has 2 rings (SSSR count). The topological polar surface area (TPSA) is 83.7 Å². The number of rotatable bonds is 3. The summed E-state index contributed by atoms with van der Waals surface area (Å²) in [5.41, 5.74) is 3.77. The maximum Gasteiger partial charge on any atom is 0.329 e. The third kappa shape index (κ3) is 3.73. The van der Waals surface area contributed by atoms with Crippen molar-refractivity contribution in [1.29, 1.82) is 0 Å². The number of anilines is 1. The summed E-state index contributed by atoms with van der Waals surface area (Å²) in [6.45, 7) is 3.40. The van der Waals surface area contributed by atoms with Crippen LogP contribution in [0.1, 0.15) is 18.2 Å². The molecule has 0 atom stereocenters. The quantitative estimate of drug-likeness (QED) is 0.518. The third-order valence-electron chi connectivity index (χ3n) is 2.93. The zero-order valence-corrected chi connectivity index (χ0v) is 12.8. The number of furan rings is 1. The summed E-state index contributed by atoms with van der Waals surface area (Å²) >= 11 is 5.95. The smallest absolute Gasteiger partial charge is 0.329 e. The number of nitrogens with zero attached hydrogens (tertiary/aromatic N) is 1. The Labute approximate surface area is 132 Å². The lowest BCUT2D eigenvalue weighted by atomic mass is 10.2. The molecular formula is C15H14ClN3O3. The third-order valence-corrected chi connectivity index (χ3v) is 3.33. The van der Waals surface area contributed by atoms with E-state index in [1.807, 2.05) is 0 Å². The van der Waals surface area contributed by atoms with Gasteiger partial charge in [0.15, 0.2) is 0 Å². The molecule has 0 radical (unpaired) electrons. The van der Waals surface area contributed by atoms with Gasteiger partial charge in [0.2, 0.25) is 0 Å². The van der Waals surface area contributed by atoms with Crippen molar-refractivity contribution in [3.63, 3.8) is 0 Å². The van der Waals surface area contributed by atoms with Gasteiger partial charge in [0, 0.05) is 10.7 Å². The molecule has 6 nitrogen and oxygen atoms in total. The van der Waals surface area contributed by atoms with Crippen LogP contribution in [0.25, 0.3) is 0 Å². The monoisotopic (exact) mass is 319 g/mol. The predicted octanol–water partition coefficient (Wildman–Crippen LogP) is 2.72. The van der Waals surface area contributed by atoms with Gasteiger partial charge in [-0.3, -0.25) is 9.59 Å². The SMILES string of the molecule is CC(=NNC(=O)C(=O)Nc1cccc(Cl)c1C)c1ccco1. The molecule has 2 amide bonds. The Bertz CT molecular complexity index is 724. The second-order valence-electron chi connectivity index (χ2n) is 4.48. The van der Waals surface area contributed by atoms with Crippen LogP contribution in [0.3, 0.4) is 0 Å². The highest BCUT2D eigenvalue weighted by atomic mass is 35.5. The van der Waals surface area contributed by atoms with Crippen LogP contribution in [-0.4, -0.2) is 17.5 Å². The molecule has 0 aliphatic carbocycles. The molecule has 0 bridgehead atoms. The molecule has 0 unspecified atom stereocenters. The first-order valence-corrected chi connectivity index (χ1v) is 6.81. The zero-order valence-electron chi connectivity index (χ0n) is 12.0. The summed E-state index contributed by atoms with van der Waals surface area (Å²) in [4.78, 5) is 23.5. The summed E-state index contributed by atoms with van der Waals surface area (Å²) in [5.74, 6) is -1.21. The van der Waals surface area contributed by atoms with Gasteiger partial charge >= 0.3 is 11.8 Å².